The van der Waals surface area contributed by atoms with Gasteiger partial charge >= 0.3 is 0 Å². The van der Waals surface area contributed by atoms with Crippen molar-refractivity contribution in [3.8, 4) is 5.75 Å². The Labute approximate surface area is 128 Å². The second-order valence-electron chi connectivity index (χ2n) is 4.81. The summed E-state index contributed by atoms with van der Waals surface area (Å²) in [6.07, 6.45) is 1.87. The summed E-state index contributed by atoms with van der Waals surface area (Å²) in [4.78, 5) is 12.2. The minimum atomic E-state index is -0.112. The minimum absolute atomic E-state index is 0.112. The predicted octanol–water partition coefficient (Wildman–Crippen LogP) is 3.43. The average Bonchev–Trinajstić information content (AvgIpc) is 2.53. The van der Waals surface area contributed by atoms with Gasteiger partial charge in [0.15, 0.2) is 0 Å². The van der Waals surface area contributed by atoms with Crippen molar-refractivity contribution in [1.82, 2.24) is 5.32 Å². The Bertz CT molecular complexity index is 692. The van der Waals surface area contributed by atoms with Crippen molar-refractivity contribution in [2.45, 2.75) is 6.54 Å². The zero-order valence-electron chi connectivity index (χ0n) is 11.3. The molecular weight excluding hydrogens is 286 g/mol. The van der Waals surface area contributed by atoms with E-state index in [0.29, 0.717) is 23.7 Å². The molecule has 0 radical (unpaired) electrons. The predicted molar refractivity (Wildman–Crippen MR) is 83.2 cm³/mol. The second-order valence-corrected chi connectivity index (χ2v) is 5.24. The van der Waals surface area contributed by atoms with Crippen molar-refractivity contribution in [3.05, 3.63) is 70.3 Å². The lowest BCUT2D eigenvalue weighted by atomic mass is 10.1. The maximum atomic E-state index is 12.2. The van der Waals surface area contributed by atoms with Gasteiger partial charge in [-0.25, -0.2) is 0 Å². The van der Waals surface area contributed by atoms with Crippen LogP contribution >= 0.6 is 11.6 Å². The van der Waals surface area contributed by atoms with E-state index in [9.17, 15) is 4.79 Å². The molecule has 1 aliphatic rings. The highest BCUT2D eigenvalue weighted by molar-refractivity contribution is 6.30. The number of nitrogens with one attached hydrogen (secondary N) is 1. The van der Waals surface area contributed by atoms with Crippen molar-refractivity contribution in [2.75, 3.05) is 6.61 Å². The maximum Gasteiger partial charge on any atom is 0.250 e. The van der Waals surface area contributed by atoms with E-state index in [1.807, 2.05) is 54.6 Å². The van der Waals surface area contributed by atoms with E-state index in [1.165, 1.54) is 0 Å². The molecular formula is C17H14ClNO2. The van der Waals surface area contributed by atoms with Crippen LogP contribution in [0.25, 0.3) is 6.08 Å². The highest BCUT2D eigenvalue weighted by Crippen LogP contribution is 2.25. The molecule has 1 aliphatic heterocycles. The molecule has 21 heavy (non-hydrogen) atoms. The van der Waals surface area contributed by atoms with Gasteiger partial charge in [-0.3, -0.25) is 4.79 Å². The number of fused-ring (bicyclic) bond motifs is 1. The van der Waals surface area contributed by atoms with Crippen LogP contribution < -0.4 is 10.1 Å². The molecule has 0 spiro atoms. The number of ether oxygens (including phenoxy) is 1. The molecule has 1 amide bonds. The number of halogens is 1. The third kappa shape index (κ3) is 3.26. The first-order valence-corrected chi connectivity index (χ1v) is 7.05. The van der Waals surface area contributed by atoms with Gasteiger partial charge in [0, 0.05) is 17.1 Å². The second kappa shape index (κ2) is 6.02. The van der Waals surface area contributed by atoms with Crippen LogP contribution in [0.1, 0.15) is 11.1 Å². The highest BCUT2D eigenvalue weighted by atomic mass is 35.5. The van der Waals surface area contributed by atoms with Gasteiger partial charge in [-0.05, 0) is 29.8 Å². The smallest absolute Gasteiger partial charge is 0.250 e. The van der Waals surface area contributed by atoms with Crippen LogP contribution in [0.4, 0.5) is 0 Å². The van der Waals surface area contributed by atoms with E-state index in [-0.39, 0.29) is 5.91 Å². The summed E-state index contributed by atoms with van der Waals surface area (Å²) in [7, 11) is 0. The molecule has 0 fully saturated rings. The van der Waals surface area contributed by atoms with Gasteiger partial charge in [0.2, 0.25) is 0 Å². The number of benzene rings is 2. The molecule has 0 aliphatic carbocycles. The van der Waals surface area contributed by atoms with Gasteiger partial charge in [-0.15, -0.1) is 0 Å². The van der Waals surface area contributed by atoms with Crippen molar-refractivity contribution >= 4 is 23.6 Å². The average molecular weight is 300 g/mol. The van der Waals surface area contributed by atoms with Gasteiger partial charge in [0.1, 0.15) is 12.4 Å². The van der Waals surface area contributed by atoms with E-state index in [4.69, 9.17) is 16.3 Å². The van der Waals surface area contributed by atoms with Crippen LogP contribution in [0.2, 0.25) is 5.02 Å². The molecule has 0 atom stereocenters. The molecule has 4 heteroatoms. The summed E-state index contributed by atoms with van der Waals surface area (Å²) in [5.41, 5.74) is 2.56. The number of amides is 1. The Balaban J connectivity index is 1.66. The Hall–Kier alpha value is -2.26. The Morgan fingerprint density at radius 1 is 1.14 bits per heavy atom. The van der Waals surface area contributed by atoms with Gasteiger partial charge in [-0.2, -0.15) is 0 Å². The summed E-state index contributed by atoms with van der Waals surface area (Å²) < 4.78 is 5.58. The number of rotatable bonds is 3. The Kier molecular flexibility index (Phi) is 3.93. The van der Waals surface area contributed by atoms with Crippen molar-refractivity contribution in [2.24, 2.45) is 0 Å². The van der Waals surface area contributed by atoms with E-state index < -0.39 is 0 Å². The first kappa shape index (κ1) is 13.7. The quantitative estimate of drug-likeness (QED) is 0.943. The number of para-hydroxylation sites is 1. The number of hydrogen-bond donors (Lipinski definition) is 1. The monoisotopic (exact) mass is 299 g/mol. The molecule has 1 heterocycles. The third-order valence-electron chi connectivity index (χ3n) is 3.29. The summed E-state index contributed by atoms with van der Waals surface area (Å²) in [5.74, 6) is 0.700. The molecule has 0 aromatic heterocycles. The zero-order valence-corrected chi connectivity index (χ0v) is 12.1. The van der Waals surface area contributed by atoms with Crippen LogP contribution in [0, 0.1) is 0 Å². The first-order valence-electron chi connectivity index (χ1n) is 6.67. The van der Waals surface area contributed by atoms with Crippen LogP contribution in [-0.2, 0) is 11.3 Å². The number of hydrogen-bond acceptors (Lipinski definition) is 2. The van der Waals surface area contributed by atoms with Gasteiger partial charge in [0.05, 0.1) is 5.57 Å². The first-order chi connectivity index (χ1) is 10.2. The summed E-state index contributed by atoms with van der Waals surface area (Å²) >= 11 is 5.83. The van der Waals surface area contributed by atoms with E-state index >= 15 is 0 Å². The third-order valence-corrected chi connectivity index (χ3v) is 3.54. The molecule has 106 valence electrons. The van der Waals surface area contributed by atoms with E-state index in [1.54, 1.807) is 0 Å². The fraction of sp³-hybridized carbons (Fsp3) is 0.118. The van der Waals surface area contributed by atoms with Gasteiger partial charge < -0.3 is 10.1 Å². The summed E-state index contributed by atoms with van der Waals surface area (Å²) in [6.45, 7) is 0.762. The standard InChI is InChI=1S/C17H14ClNO2/c18-15-7-5-12(6-8-15)10-19-17(20)14-9-13-3-1-2-4-16(13)21-11-14/h1-9H,10-11H2,(H,19,20). The topological polar surface area (TPSA) is 38.3 Å². The zero-order chi connectivity index (χ0) is 14.7. The fourth-order valence-corrected chi connectivity index (χ4v) is 2.27. The van der Waals surface area contributed by atoms with Crippen LogP contribution in [0.5, 0.6) is 5.75 Å². The number of carbonyl (C=O) groups excluding carboxylic acids is 1. The largest absolute Gasteiger partial charge is 0.488 e. The fourth-order valence-electron chi connectivity index (χ4n) is 2.15. The van der Waals surface area contributed by atoms with E-state index in [2.05, 4.69) is 5.32 Å². The molecule has 2 aromatic rings. The SMILES string of the molecule is O=C(NCc1ccc(Cl)cc1)C1=Cc2ccccc2OC1. The van der Waals surface area contributed by atoms with Crippen molar-refractivity contribution in [3.63, 3.8) is 0 Å². The molecule has 0 unspecified atom stereocenters. The molecule has 2 aromatic carbocycles. The Morgan fingerprint density at radius 3 is 2.71 bits per heavy atom. The van der Waals surface area contributed by atoms with Crippen molar-refractivity contribution < 1.29 is 9.53 Å². The van der Waals surface area contributed by atoms with E-state index in [0.717, 1.165) is 16.9 Å². The van der Waals surface area contributed by atoms with Gasteiger partial charge in [0.25, 0.3) is 5.91 Å². The summed E-state index contributed by atoms with van der Waals surface area (Å²) in [6, 6.07) is 15.1. The molecule has 0 saturated carbocycles. The molecule has 3 nitrogen and oxygen atoms in total. The molecule has 3 rings (SSSR count). The lowest BCUT2D eigenvalue weighted by Crippen LogP contribution is -2.28. The Morgan fingerprint density at radius 2 is 1.90 bits per heavy atom. The summed E-state index contributed by atoms with van der Waals surface area (Å²) in [5, 5.41) is 3.57. The van der Waals surface area contributed by atoms with Crippen LogP contribution in [0.3, 0.4) is 0 Å². The molecule has 0 bridgehead atoms. The van der Waals surface area contributed by atoms with Gasteiger partial charge in [-0.1, -0.05) is 41.9 Å². The number of carbonyl (C=O) groups is 1. The lowest BCUT2D eigenvalue weighted by Gasteiger charge is -2.17. The highest BCUT2D eigenvalue weighted by Gasteiger charge is 2.16. The van der Waals surface area contributed by atoms with Crippen LogP contribution in [0.15, 0.2) is 54.1 Å². The normalized spacial score (nSPS) is 12.9. The maximum absolute atomic E-state index is 12.2. The lowest BCUT2D eigenvalue weighted by molar-refractivity contribution is -0.117. The van der Waals surface area contributed by atoms with Crippen LogP contribution in [-0.4, -0.2) is 12.5 Å². The minimum Gasteiger partial charge on any atom is -0.488 e. The molecule has 0 saturated heterocycles. The molecule has 1 N–H and O–H groups in total. The van der Waals surface area contributed by atoms with Crippen molar-refractivity contribution in [1.29, 1.82) is 0 Å².